The molecule has 3 N–H and O–H groups in total. The van der Waals surface area contributed by atoms with E-state index < -0.39 is 17.7 Å². The average molecular weight is 192 g/mol. The van der Waals surface area contributed by atoms with Gasteiger partial charge in [0.05, 0.1) is 0 Å². The quantitative estimate of drug-likeness (QED) is 0.559. The smallest absolute Gasteiger partial charge is 0.335 e. The standard InChI is InChI=1S/C7H12O4S/c8-5(6(9)10)7(11)2-1-3-12-4-7/h5,8,11H,1-4H2,(H,9,10). The van der Waals surface area contributed by atoms with E-state index in [1.807, 2.05) is 0 Å². The molecule has 1 saturated heterocycles. The summed E-state index contributed by atoms with van der Waals surface area (Å²) in [6, 6.07) is 0. The van der Waals surface area contributed by atoms with Crippen LogP contribution < -0.4 is 0 Å². The summed E-state index contributed by atoms with van der Waals surface area (Å²) in [4.78, 5) is 10.4. The van der Waals surface area contributed by atoms with Crippen LogP contribution in [0.25, 0.3) is 0 Å². The number of carboxylic acids is 1. The molecular weight excluding hydrogens is 180 g/mol. The van der Waals surface area contributed by atoms with Crippen molar-refractivity contribution in [3.63, 3.8) is 0 Å². The summed E-state index contributed by atoms with van der Waals surface area (Å²) in [6.45, 7) is 0. The molecule has 0 bridgehead atoms. The van der Waals surface area contributed by atoms with Crippen LogP contribution in [-0.2, 0) is 4.79 Å². The van der Waals surface area contributed by atoms with Gasteiger partial charge in [0.2, 0.25) is 0 Å². The summed E-state index contributed by atoms with van der Waals surface area (Å²) in [5.41, 5.74) is -1.42. The van der Waals surface area contributed by atoms with Crippen molar-refractivity contribution >= 4 is 17.7 Å². The highest BCUT2D eigenvalue weighted by Crippen LogP contribution is 2.29. The molecule has 0 aliphatic carbocycles. The van der Waals surface area contributed by atoms with Crippen LogP contribution in [-0.4, -0.2) is 44.5 Å². The van der Waals surface area contributed by atoms with E-state index in [-0.39, 0.29) is 0 Å². The minimum absolute atomic E-state index is 0.306. The molecule has 0 aromatic carbocycles. The molecule has 1 aliphatic heterocycles. The molecule has 2 unspecified atom stereocenters. The third-order valence-electron chi connectivity index (χ3n) is 1.99. The van der Waals surface area contributed by atoms with Crippen LogP contribution in [0, 0.1) is 0 Å². The van der Waals surface area contributed by atoms with Crippen molar-refractivity contribution in [2.24, 2.45) is 0 Å². The number of rotatable bonds is 2. The summed E-state index contributed by atoms with van der Waals surface area (Å²) in [7, 11) is 0. The number of hydrogen-bond donors (Lipinski definition) is 3. The fraction of sp³-hybridized carbons (Fsp3) is 0.857. The van der Waals surface area contributed by atoms with Gasteiger partial charge < -0.3 is 15.3 Å². The summed E-state index contributed by atoms with van der Waals surface area (Å²) in [6.07, 6.45) is -0.524. The van der Waals surface area contributed by atoms with Crippen molar-refractivity contribution in [3.8, 4) is 0 Å². The lowest BCUT2D eigenvalue weighted by molar-refractivity contribution is -0.161. The number of carboxylic acid groups (broad SMARTS) is 1. The average Bonchev–Trinajstić information content (AvgIpc) is 2.04. The predicted molar refractivity (Wildman–Crippen MR) is 45.2 cm³/mol. The molecule has 2 atom stereocenters. The van der Waals surface area contributed by atoms with Gasteiger partial charge in [-0.25, -0.2) is 4.79 Å². The van der Waals surface area contributed by atoms with E-state index in [9.17, 15) is 9.90 Å². The van der Waals surface area contributed by atoms with E-state index in [0.717, 1.165) is 12.2 Å². The first-order valence-electron chi connectivity index (χ1n) is 3.77. The number of thioether (sulfide) groups is 1. The van der Waals surface area contributed by atoms with E-state index in [0.29, 0.717) is 12.2 Å². The predicted octanol–water partition coefficient (Wildman–Crippen LogP) is -0.310. The van der Waals surface area contributed by atoms with E-state index in [4.69, 9.17) is 10.2 Å². The SMILES string of the molecule is O=C(O)C(O)C1(O)CCCSC1. The van der Waals surface area contributed by atoms with Crippen LogP contribution in [0.15, 0.2) is 0 Å². The van der Waals surface area contributed by atoms with Crippen molar-refractivity contribution < 1.29 is 20.1 Å². The monoisotopic (exact) mass is 192 g/mol. The Bertz CT molecular complexity index is 176. The van der Waals surface area contributed by atoms with E-state index in [2.05, 4.69) is 0 Å². The Morgan fingerprint density at radius 1 is 1.58 bits per heavy atom. The number of hydrogen-bond acceptors (Lipinski definition) is 4. The van der Waals surface area contributed by atoms with Crippen molar-refractivity contribution in [1.29, 1.82) is 0 Å². The Morgan fingerprint density at radius 2 is 2.25 bits per heavy atom. The molecule has 1 fully saturated rings. The van der Waals surface area contributed by atoms with Gasteiger partial charge in [-0.1, -0.05) is 0 Å². The molecule has 0 aromatic heterocycles. The molecule has 0 aromatic rings. The second-order valence-corrected chi connectivity index (χ2v) is 4.11. The number of aliphatic hydroxyl groups excluding tert-OH is 1. The molecule has 12 heavy (non-hydrogen) atoms. The maximum Gasteiger partial charge on any atom is 0.335 e. The Labute approximate surface area is 74.6 Å². The lowest BCUT2D eigenvalue weighted by atomic mass is 9.93. The zero-order chi connectivity index (χ0) is 9.19. The first-order valence-corrected chi connectivity index (χ1v) is 4.93. The largest absolute Gasteiger partial charge is 0.479 e. The molecule has 4 nitrogen and oxygen atoms in total. The molecular formula is C7H12O4S. The third kappa shape index (κ3) is 1.91. The maximum absolute atomic E-state index is 10.4. The van der Waals surface area contributed by atoms with Gasteiger partial charge in [-0.15, -0.1) is 0 Å². The Hall–Kier alpha value is -0.260. The van der Waals surface area contributed by atoms with Gasteiger partial charge >= 0.3 is 5.97 Å². The van der Waals surface area contributed by atoms with Crippen LogP contribution in [0.4, 0.5) is 0 Å². The van der Waals surface area contributed by atoms with Gasteiger partial charge in [0.1, 0.15) is 5.60 Å². The van der Waals surface area contributed by atoms with Gasteiger partial charge in [0, 0.05) is 5.75 Å². The molecule has 70 valence electrons. The summed E-state index contributed by atoms with van der Waals surface area (Å²) in [5, 5.41) is 27.3. The van der Waals surface area contributed by atoms with Gasteiger partial charge in [-0.05, 0) is 18.6 Å². The fourth-order valence-electron chi connectivity index (χ4n) is 1.25. The number of aliphatic hydroxyl groups is 2. The Balaban J connectivity index is 2.62. The third-order valence-corrected chi connectivity index (χ3v) is 3.27. The molecule has 0 amide bonds. The minimum atomic E-state index is -1.65. The Morgan fingerprint density at radius 3 is 2.67 bits per heavy atom. The highest BCUT2D eigenvalue weighted by Gasteiger charge is 2.41. The van der Waals surface area contributed by atoms with Crippen LogP contribution in [0.5, 0.6) is 0 Å². The van der Waals surface area contributed by atoms with E-state index in [1.54, 1.807) is 0 Å². The first-order chi connectivity index (χ1) is 5.56. The topological polar surface area (TPSA) is 77.8 Å². The molecule has 0 spiro atoms. The summed E-state index contributed by atoms with van der Waals surface area (Å²) < 4.78 is 0. The normalized spacial score (nSPS) is 32.8. The van der Waals surface area contributed by atoms with Gasteiger partial charge in [0.25, 0.3) is 0 Å². The molecule has 1 rings (SSSR count). The van der Waals surface area contributed by atoms with Gasteiger partial charge in [0.15, 0.2) is 6.10 Å². The molecule has 0 radical (unpaired) electrons. The van der Waals surface area contributed by atoms with E-state index in [1.165, 1.54) is 11.8 Å². The first kappa shape index (κ1) is 9.83. The summed E-state index contributed by atoms with van der Waals surface area (Å²) in [5.74, 6) is -0.116. The minimum Gasteiger partial charge on any atom is -0.479 e. The molecule has 1 aliphatic rings. The van der Waals surface area contributed by atoms with Crippen LogP contribution in [0.2, 0.25) is 0 Å². The van der Waals surface area contributed by atoms with Crippen molar-refractivity contribution in [1.82, 2.24) is 0 Å². The second kappa shape index (κ2) is 3.64. The molecule has 5 heteroatoms. The van der Waals surface area contributed by atoms with Crippen molar-refractivity contribution in [3.05, 3.63) is 0 Å². The van der Waals surface area contributed by atoms with Crippen molar-refractivity contribution in [2.75, 3.05) is 11.5 Å². The maximum atomic E-state index is 10.4. The highest BCUT2D eigenvalue weighted by molar-refractivity contribution is 7.99. The zero-order valence-electron chi connectivity index (χ0n) is 6.56. The molecule has 0 saturated carbocycles. The second-order valence-electron chi connectivity index (χ2n) is 3.00. The fourth-order valence-corrected chi connectivity index (χ4v) is 2.40. The highest BCUT2D eigenvalue weighted by atomic mass is 32.2. The Kier molecular flexibility index (Phi) is 2.98. The lowest BCUT2D eigenvalue weighted by Gasteiger charge is -2.33. The van der Waals surface area contributed by atoms with E-state index >= 15 is 0 Å². The molecule has 1 heterocycles. The number of aliphatic carboxylic acids is 1. The zero-order valence-corrected chi connectivity index (χ0v) is 7.38. The van der Waals surface area contributed by atoms with Gasteiger partial charge in [-0.3, -0.25) is 0 Å². The van der Waals surface area contributed by atoms with Crippen LogP contribution in [0.1, 0.15) is 12.8 Å². The van der Waals surface area contributed by atoms with Gasteiger partial charge in [-0.2, -0.15) is 11.8 Å². The lowest BCUT2D eigenvalue weighted by Crippen LogP contribution is -2.50. The van der Waals surface area contributed by atoms with Crippen LogP contribution in [0.3, 0.4) is 0 Å². The van der Waals surface area contributed by atoms with Crippen molar-refractivity contribution in [2.45, 2.75) is 24.5 Å². The number of carbonyl (C=O) groups is 1. The van der Waals surface area contributed by atoms with Crippen LogP contribution >= 0.6 is 11.8 Å². The summed E-state index contributed by atoms with van der Waals surface area (Å²) >= 11 is 1.47.